The molecule has 0 N–H and O–H groups in total. The average molecular weight is 713 g/mol. The summed E-state index contributed by atoms with van der Waals surface area (Å²) < 4.78 is 21.5. The lowest BCUT2D eigenvalue weighted by molar-refractivity contribution is -0.147. The zero-order chi connectivity index (χ0) is 36.4. The normalized spacial score (nSPS) is 14.4. The summed E-state index contributed by atoms with van der Waals surface area (Å²) in [5.41, 5.74) is 5.35. The molecule has 270 valence electrons. The van der Waals surface area contributed by atoms with Crippen molar-refractivity contribution < 1.29 is 23.8 Å². The van der Waals surface area contributed by atoms with Gasteiger partial charge < -0.3 is 23.7 Å². The van der Waals surface area contributed by atoms with Crippen LogP contribution in [0.25, 0.3) is 32.8 Å². The summed E-state index contributed by atoms with van der Waals surface area (Å²) >= 11 is 7.12. The van der Waals surface area contributed by atoms with E-state index in [0.29, 0.717) is 43.3 Å². The molecule has 0 spiro atoms. The van der Waals surface area contributed by atoms with Gasteiger partial charge in [-0.15, -0.1) is 0 Å². The standard InChI is InChI=1S/C41H49ClN4O5/c1-26-35(27(2)44(6)43-26)36-33(42)18-17-32-31(15-11-25-50-34-16-10-13-28-12-8-9-14-30(28)34)38(40(48)51-41(3,4)5)46(37(32)36)24-23-45-21-19-29(20-22-45)39(47)49-7/h8-10,12-14,16-18,29H,11,15,19-25H2,1-7H3. The van der Waals surface area contributed by atoms with E-state index in [1.54, 1.807) is 0 Å². The van der Waals surface area contributed by atoms with E-state index >= 15 is 0 Å². The number of methoxy groups -OCH3 is 1. The number of rotatable bonds is 11. The van der Waals surface area contributed by atoms with Gasteiger partial charge in [-0.1, -0.05) is 54.1 Å². The fourth-order valence-corrected chi connectivity index (χ4v) is 7.70. The minimum Gasteiger partial charge on any atom is -0.493 e. The Hall–Kier alpha value is -4.34. The first-order valence-electron chi connectivity index (χ1n) is 17.9. The van der Waals surface area contributed by atoms with Gasteiger partial charge in [0, 0.05) is 47.7 Å². The molecule has 6 rings (SSSR count). The Morgan fingerprint density at radius 3 is 2.35 bits per heavy atom. The lowest BCUT2D eigenvalue weighted by Crippen LogP contribution is -2.38. The molecule has 0 radical (unpaired) electrons. The fraction of sp³-hybridized carbons (Fsp3) is 0.439. The van der Waals surface area contributed by atoms with E-state index in [1.165, 1.54) is 7.11 Å². The van der Waals surface area contributed by atoms with Crippen LogP contribution in [0.2, 0.25) is 5.02 Å². The number of ether oxygens (including phenoxy) is 3. The second-order valence-corrected chi connectivity index (χ2v) is 14.9. The first kappa shape index (κ1) is 36.5. The molecular formula is C41H49ClN4O5. The number of halogens is 1. The van der Waals surface area contributed by atoms with E-state index in [1.807, 2.05) is 82.7 Å². The molecule has 5 aromatic rings. The Labute approximate surface area is 305 Å². The van der Waals surface area contributed by atoms with Crippen LogP contribution < -0.4 is 4.74 Å². The molecule has 9 nitrogen and oxygen atoms in total. The smallest absolute Gasteiger partial charge is 0.355 e. The van der Waals surface area contributed by atoms with Crippen molar-refractivity contribution in [1.82, 2.24) is 19.2 Å². The maximum absolute atomic E-state index is 14.4. The second-order valence-electron chi connectivity index (χ2n) is 14.5. The maximum Gasteiger partial charge on any atom is 0.355 e. The average Bonchev–Trinajstić information content (AvgIpc) is 3.55. The highest BCUT2D eigenvalue weighted by atomic mass is 35.5. The number of aromatic nitrogens is 3. The molecule has 3 aromatic carbocycles. The Balaban J connectivity index is 1.42. The Morgan fingerprint density at radius 2 is 1.67 bits per heavy atom. The van der Waals surface area contributed by atoms with Gasteiger partial charge in [0.2, 0.25) is 0 Å². The van der Waals surface area contributed by atoms with Crippen molar-refractivity contribution in [2.24, 2.45) is 13.0 Å². The number of carbonyl (C=O) groups excluding carboxylic acids is 2. The lowest BCUT2D eigenvalue weighted by Gasteiger charge is -2.31. The van der Waals surface area contributed by atoms with Crippen LogP contribution in [0, 0.1) is 19.8 Å². The molecule has 2 aromatic heterocycles. The summed E-state index contributed by atoms with van der Waals surface area (Å²) in [6, 6.07) is 18.3. The third-order valence-corrected chi connectivity index (χ3v) is 10.3. The van der Waals surface area contributed by atoms with E-state index < -0.39 is 5.60 Å². The molecule has 0 aliphatic carbocycles. The van der Waals surface area contributed by atoms with Gasteiger partial charge in [-0.3, -0.25) is 9.48 Å². The van der Waals surface area contributed by atoms with Gasteiger partial charge in [-0.25, -0.2) is 4.79 Å². The first-order valence-corrected chi connectivity index (χ1v) is 18.2. The molecule has 0 unspecified atom stereocenters. The van der Waals surface area contributed by atoms with Crippen molar-refractivity contribution in [2.75, 3.05) is 33.4 Å². The van der Waals surface area contributed by atoms with Gasteiger partial charge in [-0.05, 0) is 96.5 Å². The molecule has 1 fully saturated rings. The maximum atomic E-state index is 14.4. The van der Waals surface area contributed by atoms with Gasteiger partial charge >= 0.3 is 11.9 Å². The minimum atomic E-state index is -0.695. The van der Waals surface area contributed by atoms with Crippen LogP contribution in [-0.4, -0.2) is 70.1 Å². The van der Waals surface area contributed by atoms with Crippen LogP contribution >= 0.6 is 11.6 Å². The molecule has 0 saturated carbocycles. The Morgan fingerprint density at radius 1 is 0.941 bits per heavy atom. The van der Waals surface area contributed by atoms with Crippen LogP contribution in [0.4, 0.5) is 0 Å². The summed E-state index contributed by atoms with van der Waals surface area (Å²) in [4.78, 5) is 28.9. The third-order valence-electron chi connectivity index (χ3n) is 9.97. The number of aryl methyl sites for hydroxylation is 3. The number of benzene rings is 3. The SMILES string of the molecule is COC(=O)C1CCN(CCn2c(C(=O)OC(C)(C)C)c(CCCOc3cccc4ccccc34)c3ccc(Cl)c(-c4c(C)nn(C)c4C)c32)CC1. The molecule has 0 amide bonds. The highest BCUT2D eigenvalue weighted by Crippen LogP contribution is 2.42. The molecule has 1 aliphatic rings. The molecular weight excluding hydrogens is 664 g/mol. The molecule has 3 heterocycles. The van der Waals surface area contributed by atoms with Gasteiger partial charge in [-0.2, -0.15) is 5.10 Å². The van der Waals surface area contributed by atoms with Crippen molar-refractivity contribution in [3.63, 3.8) is 0 Å². The van der Waals surface area contributed by atoms with Crippen molar-refractivity contribution in [3.05, 3.63) is 82.3 Å². The predicted molar refractivity (Wildman–Crippen MR) is 203 cm³/mol. The van der Waals surface area contributed by atoms with E-state index in [2.05, 4.69) is 27.7 Å². The summed E-state index contributed by atoms with van der Waals surface area (Å²) in [6.45, 7) is 13.0. The summed E-state index contributed by atoms with van der Waals surface area (Å²) in [7, 11) is 3.39. The van der Waals surface area contributed by atoms with Crippen LogP contribution in [0.1, 0.15) is 67.5 Å². The second kappa shape index (κ2) is 15.1. The molecule has 1 saturated heterocycles. The molecule has 1 aliphatic heterocycles. The number of esters is 2. The largest absolute Gasteiger partial charge is 0.493 e. The zero-order valence-corrected chi connectivity index (χ0v) is 31.6. The van der Waals surface area contributed by atoms with Gasteiger partial charge in [0.1, 0.15) is 17.0 Å². The van der Waals surface area contributed by atoms with Crippen molar-refractivity contribution in [1.29, 1.82) is 0 Å². The van der Waals surface area contributed by atoms with E-state index in [9.17, 15) is 9.59 Å². The monoisotopic (exact) mass is 712 g/mol. The van der Waals surface area contributed by atoms with Crippen LogP contribution in [0.3, 0.4) is 0 Å². The quantitative estimate of drug-likeness (QED) is 0.101. The Bertz CT molecular complexity index is 2060. The number of nitrogens with zero attached hydrogens (tertiary/aromatic N) is 4. The van der Waals surface area contributed by atoms with Gasteiger partial charge in [0.25, 0.3) is 0 Å². The highest BCUT2D eigenvalue weighted by Gasteiger charge is 2.31. The summed E-state index contributed by atoms with van der Waals surface area (Å²) in [5.74, 6) is 0.250. The van der Waals surface area contributed by atoms with Crippen LogP contribution in [0.15, 0.2) is 54.6 Å². The minimum absolute atomic E-state index is 0.0828. The van der Waals surface area contributed by atoms with E-state index in [4.69, 9.17) is 30.9 Å². The predicted octanol–water partition coefficient (Wildman–Crippen LogP) is 8.32. The van der Waals surface area contributed by atoms with E-state index in [0.717, 1.165) is 81.4 Å². The fourth-order valence-electron chi connectivity index (χ4n) is 7.46. The summed E-state index contributed by atoms with van der Waals surface area (Å²) in [6.07, 6.45) is 2.76. The Kier molecular flexibility index (Phi) is 10.8. The first-order chi connectivity index (χ1) is 24.4. The number of piperidine rings is 1. The number of fused-ring (bicyclic) bond motifs is 2. The summed E-state index contributed by atoms with van der Waals surface area (Å²) in [5, 5.41) is 8.50. The molecule has 0 atom stereocenters. The number of hydrogen-bond donors (Lipinski definition) is 0. The number of hydrogen-bond acceptors (Lipinski definition) is 7. The van der Waals surface area contributed by atoms with Crippen LogP contribution in [-0.2, 0) is 34.3 Å². The molecule has 0 bridgehead atoms. The zero-order valence-electron chi connectivity index (χ0n) is 30.8. The van der Waals surface area contributed by atoms with Crippen molar-refractivity contribution in [2.45, 2.75) is 72.4 Å². The number of likely N-dealkylation sites (tertiary alicyclic amines) is 1. The van der Waals surface area contributed by atoms with E-state index in [-0.39, 0.29) is 17.9 Å². The van der Waals surface area contributed by atoms with Gasteiger partial charge in [0.05, 0.1) is 35.9 Å². The molecule has 51 heavy (non-hydrogen) atoms. The van der Waals surface area contributed by atoms with Crippen molar-refractivity contribution in [3.8, 4) is 16.9 Å². The number of carbonyl (C=O) groups is 2. The van der Waals surface area contributed by atoms with Crippen molar-refractivity contribution >= 4 is 45.2 Å². The van der Waals surface area contributed by atoms with Crippen LogP contribution in [0.5, 0.6) is 5.75 Å². The lowest BCUT2D eigenvalue weighted by atomic mass is 9.97. The highest BCUT2D eigenvalue weighted by molar-refractivity contribution is 6.35. The van der Waals surface area contributed by atoms with Gasteiger partial charge in [0.15, 0.2) is 0 Å². The molecule has 10 heteroatoms. The topological polar surface area (TPSA) is 87.8 Å². The third kappa shape index (κ3) is 7.65.